The Balaban J connectivity index is 1.52. The zero-order chi connectivity index (χ0) is 22.8. The van der Waals surface area contributed by atoms with Gasteiger partial charge in [-0.1, -0.05) is 23.7 Å². The minimum atomic E-state index is -0.600. The zero-order valence-corrected chi connectivity index (χ0v) is 18.2. The van der Waals surface area contributed by atoms with E-state index in [2.05, 4.69) is 10.6 Å². The summed E-state index contributed by atoms with van der Waals surface area (Å²) in [7, 11) is 0. The van der Waals surface area contributed by atoms with Crippen molar-refractivity contribution in [2.75, 3.05) is 10.2 Å². The number of hydrogen-bond acceptors (Lipinski definition) is 5. The Labute approximate surface area is 189 Å². The summed E-state index contributed by atoms with van der Waals surface area (Å²) in [5.41, 5.74) is 3.09. The minimum Gasteiger partial charge on any atom is -0.467 e. The summed E-state index contributed by atoms with van der Waals surface area (Å²) in [6, 6.07) is 15.5. The van der Waals surface area contributed by atoms with Gasteiger partial charge in [-0.15, -0.1) is 0 Å². The molecule has 1 aliphatic rings. The third kappa shape index (κ3) is 4.29. The maximum atomic E-state index is 13.0. The van der Waals surface area contributed by atoms with Crippen LogP contribution in [0.3, 0.4) is 0 Å². The van der Waals surface area contributed by atoms with Crippen LogP contribution in [0.4, 0.5) is 11.4 Å². The highest BCUT2D eigenvalue weighted by molar-refractivity contribution is 6.53. The topological polar surface area (TPSA) is 91.7 Å². The molecule has 0 unspecified atom stereocenters. The van der Waals surface area contributed by atoms with Gasteiger partial charge in [0.05, 0.1) is 18.5 Å². The lowest BCUT2D eigenvalue weighted by molar-refractivity contribution is -0.120. The number of hydrogen-bond donors (Lipinski definition) is 2. The van der Waals surface area contributed by atoms with Gasteiger partial charge in [-0.05, 0) is 67.4 Å². The number of rotatable bonds is 6. The van der Waals surface area contributed by atoms with Gasteiger partial charge in [-0.3, -0.25) is 14.4 Å². The molecular weight excluding hydrogens is 430 g/mol. The van der Waals surface area contributed by atoms with E-state index >= 15 is 0 Å². The Morgan fingerprint density at radius 2 is 1.75 bits per heavy atom. The number of carbonyl (C=O) groups is 3. The number of imide groups is 1. The number of anilines is 2. The van der Waals surface area contributed by atoms with Crippen LogP contribution < -0.4 is 15.5 Å². The first kappa shape index (κ1) is 21.4. The fourth-order valence-electron chi connectivity index (χ4n) is 3.49. The highest BCUT2D eigenvalue weighted by atomic mass is 35.5. The predicted molar refractivity (Wildman–Crippen MR) is 121 cm³/mol. The number of furan rings is 1. The Bertz CT molecular complexity index is 1230. The molecule has 0 saturated heterocycles. The molecule has 0 saturated carbocycles. The van der Waals surface area contributed by atoms with Crippen LogP contribution in [0.1, 0.15) is 27.2 Å². The fraction of sp³-hybridized carbons (Fsp3) is 0.125. The van der Waals surface area contributed by atoms with Crippen LogP contribution in [0.25, 0.3) is 0 Å². The second kappa shape index (κ2) is 8.72. The number of halogens is 1. The van der Waals surface area contributed by atoms with Crippen LogP contribution in [0.2, 0.25) is 0 Å². The molecule has 0 bridgehead atoms. The molecule has 0 fully saturated rings. The van der Waals surface area contributed by atoms with Gasteiger partial charge in [0.25, 0.3) is 17.7 Å². The number of nitrogens with one attached hydrogen (secondary N) is 2. The summed E-state index contributed by atoms with van der Waals surface area (Å²) in [4.78, 5) is 39.2. The second-order valence-electron chi connectivity index (χ2n) is 7.45. The van der Waals surface area contributed by atoms with Crippen molar-refractivity contribution in [2.45, 2.75) is 20.4 Å². The van der Waals surface area contributed by atoms with Crippen molar-refractivity contribution in [2.24, 2.45) is 0 Å². The lowest BCUT2D eigenvalue weighted by Gasteiger charge is -2.16. The monoisotopic (exact) mass is 449 g/mol. The number of carbonyl (C=O) groups excluding carboxylic acids is 3. The van der Waals surface area contributed by atoms with Crippen molar-refractivity contribution in [3.05, 3.63) is 94.0 Å². The molecule has 0 radical (unpaired) electrons. The summed E-state index contributed by atoms with van der Waals surface area (Å²) in [6.45, 7) is 4.02. The molecule has 2 aromatic carbocycles. The second-order valence-corrected chi connectivity index (χ2v) is 7.83. The van der Waals surface area contributed by atoms with Gasteiger partial charge in [-0.25, -0.2) is 4.90 Å². The molecule has 3 aromatic rings. The van der Waals surface area contributed by atoms with Crippen LogP contribution in [0, 0.1) is 13.8 Å². The van der Waals surface area contributed by atoms with E-state index in [1.807, 2.05) is 19.9 Å². The molecular formula is C24H20ClN3O4. The van der Waals surface area contributed by atoms with E-state index < -0.39 is 11.8 Å². The van der Waals surface area contributed by atoms with Gasteiger partial charge in [0, 0.05) is 11.3 Å². The first-order valence-electron chi connectivity index (χ1n) is 9.88. The SMILES string of the molecule is Cc1cc(C)cc(N2C(=O)C(Cl)=C(Nc3cccc(C(=O)NCc4ccco4)c3)C2=O)c1. The van der Waals surface area contributed by atoms with Crippen LogP contribution in [-0.4, -0.2) is 17.7 Å². The van der Waals surface area contributed by atoms with Crippen LogP contribution in [-0.2, 0) is 16.1 Å². The van der Waals surface area contributed by atoms with Crippen molar-refractivity contribution in [3.8, 4) is 0 Å². The molecule has 2 heterocycles. The zero-order valence-electron chi connectivity index (χ0n) is 17.4. The van der Waals surface area contributed by atoms with Gasteiger partial charge in [0.15, 0.2) is 0 Å². The van der Waals surface area contributed by atoms with Gasteiger partial charge >= 0.3 is 0 Å². The maximum Gasteiger partial charge on any atom is 0.283 e. The lowest BCUT2D eigenvalue weighted by Crippen LogP contribution is -2.32. The molecule has 4 rings (SSSR count). The van der Waals surface area contributed by atoms with Gasteiger partial charge in [0.2, 0.25) is 0 Å². The van der Waals surface area contributed by atoms with E-state index in [0.717, 1.165) is 16.0 Å². The van der Waals surface area contributed by atoms with E-state index in [-0.39, 0.29) is 23.2 Å². The smallest absolute Gasteiger partial charge is 0.283 e. The number of benzene rings is 2. The van der Waals surface area contributed by atoms with E-state index in [1.54, 1.807) is 48.5 Å². The average molecular weight is 450 g/mol. The van der Waals surface area contributed by atoms with Crippen molar-refractivity contribution in [3.63, 3.8) is 0 Å². The molecule has 0 atom stereocenters. The third-order valence-corrected chi connectivity index (χ3v) is 5.24. The fourth-order valence-corrected chi connectivity index (χ4v) is 3.70. The Hall–Kier alpha value is -3.84. The number of aryl methyl sites for hydroxylation is 2. The average Bonchev–Trinajstić information content (AvgIpc) is 3.34. The normalized spacial score (nSPS) is 13.7. The highest BCUT2D eigenvalue weighted by Crippen LogP contribution is 2.31. The number of nitrogens with zero attached hydrogens (tertiary/aromatic N) is 1. The van der Waals surface area contributed by atoms with E-state index in [9.17, 15) is 14.4 Å². The molecule has 0 spiro atoms. The molecule has 162 valence electrons. The quantitative estimate of drug-likeness (QED) is 0.548. The highest BCUT2D eigenvalue weighted by Gasteiger charge is 2.39. The van der Waals surface area contributed by atoms with Crippen molar-refractivity contribution >= 4 is 40.7 Å². The van der Waals surface area contributed by atoms with E-state index in [4.69, 9.17) is 16.0 Å². The third-order valence-electron chi connectivity index (χ3n) is 4.89. The summed E-state index contributed by atoms with van der Waals surface area (Å²) in [5.74, 6) is -0.837. The summed E-state index contributed by atoms with van der Waals surface area (Å²) in [5, 5.41) is 5.45. The van der Waals surface area contributed by atoms with Crippen molar-refractivity contribution < 1.29 is 18.8 Å². The largest absolute Gasteiger partial charge is 0.467 e. The van der Waals surface area contributed by atoms with Crippen LogP contribution in [0.15, 0.2) is 76.0 Å². The Morgan fingerprint density at radius 1 is 1.00 bits per heavy atom. The van der Waals surface area contributed by atoms with E-state index in [0.29, 0.717) is 22.7 Å². The summed E-state index contributed by atoms with van der Waals surface area (Å²) < 4.78 is 5.21. The summed E-state index contributed by atoms with van der Waals surface area (Å²) in [6.07, 6.45) is 1.53. The molecule has 2 N–H and O–H groups in total. The van der Waals surface area contributed by atoms with Gasteiger partial charge < -0.3 is 15.1 Å². The first-order valence-corrected chi connectivity index (χ1v) is 10.3. The Kier molecular flexibility index (Phi) is 5.83. The summed E-state index contributed by atoms with van der Waals surface area (Å²) >= 11 is 6.22. The predicted octanol–water partition coefficient (Wildman–Crippen LogP) is 4.26. The lowest BCUT2D eigenvalue weighted by atomic mass is 10.1. The van der Waals surface area contributed by atoms with E-state index in [1.165, 1.54) is 6.26 Å². The van der Waals surface area contributed by atoms with Crippen LogP contribution >= 0.6 is 11.6 Å². The number of amides is 3. The Morgan fingerprint density at radius 3 is 2.44 bits per heavy atom. The maximum absolute atomic E-state index is 13.0. The first-order chi connectivity index (χ1) is 15.3. The molecule has 0 aliphatic carbocycles. The molecule has 32 heavy (non-hydrogen) atoms. The van der Waals surface area contributed by atoms with Gasteiger partial charge in [0.1, 0.15) is 16.5 Å². The molecule has 7 nitrogen and oxygen atoms in total. The van der Waals surface area contributed by atoms with Crippen molar-refractivity contribution in [1.82, 2.24) is 5.32 Å². The standard InChI is InChI=1S/C24H20ClN3O4/c1-14-9-15(2)11-18(10-14)28-23(30)20(25)21(24(28)31)27-17-6-3-5-16(12-17)22(29)26-13-19-7-4-8-32-19/h3-12,27H,13H2,1-2H3,(H,26,29). The van der Waals surface area contributed by atoms with Gasteiger partial charge in [-0.2, -0.15) is 0 Å². The molecule has 1 aromatic heterocycles. The molecule has 3 amide bonds. The molecule has 8 heteroatoms. The molecule has 1 aliphatic heterocycles. The van der Waals surface area contributed by atoms with Crippen LogP contribution in [0.5, 0.6) is 0 Å². The van der Waals surface area contributed by atoms with Crippen molar-refractivity contribution in [1.29, 1.82) is 0 Å². The minimum absolute atomic E-state index is 0.0380.